The summed E-state index contributed by atoms with van der Waals surface area (Å²) in [5.74, 6) is 0. The molecule has 1 saturated heterocycles. The maximum Gasteiger partial charge on any atom is 0.407 e. The second kappa shape index (κ2) is 2.03. The van der Waals surface area contributed by atoms with Crippen LogP contribution in [0.25, 0.3) is 0 Å². The molecule has 46 valence electrons. The average Bonchev–Trinajstić information content (AvgIpc) is 1.64. The third-order valence-electron chi connectivity index (χ3n) is 1.15. The molecule has 0 aromatic rings. The smallest absolute Gasteiger partial charge is 0.407 e. The molecule has 0 aliphatic carbocycles. The summed E-state index contributed by atoms with van der Waals surface area (Å²) in [6.07, 6.45) is 0.634. The lowest BCUT2D eigenvalue weighted by Gasteiger charge is -2.18. The molecular formula is C5H9NO2. The maximum absolute atomic E-state index is 10.3. The van der Waals surface area contributed by atoms with E-state index in [1.165, 1.54) is 0 Å². The number of ether oxygens (including phenoxy) is 1. The monoisotopic (exact) mass is 115 g/mol. The molecule has 1 aliphatic rings. The Bertz CT molecular complexity index is 103. The van der Waals surface area contributed by atoms with Crippen LogP contribution in [0.1, 0.15) is 13.3 Å². The first-order valence-corrected chi connectivity index (χ1v) is 2.72. The molecule has 8 heavy (non-hydrogen) atoms. The minimum Gasteiger partial charge on any atom is -0.449 e. The number of rotatable bonds is 0. The summed E-state index contributed by atoms with van der Waals surface area (Å²) < 4.78 is 4.60. The molecule has 1 aliphatic heterocycles. The Kier molecular flexibility index (Phi) is 1.37. The van der Waals surface area contributed by atoms with E-state index in [0.29, 0.717) is 6.61 Å². The molecule has 1 heterocycles. The van der Waals surface area contributed by atoms with E-state index in [1.54, 1.807) is 0 Å². The highest BCUT2D eigenvalue weighted by molar-refractivity contribution is 5.68. The van der Waals surface area contributed by atoms with Crippen LogP contribution in [0.2, 0.25) is 0 Å². The van der Waals surface area contributed by atoms with Crippen LogP contribution in [-0.2, 0) is 4.74 Å². The van der Waals surface area contributed by atoms with E-state index in [2.05, 4.69) is 10.1 Å². The van der Waals surface area contributed by atoms with Gasteiger partial charge >= 0.3 is 6.09 Å². The quantitative estimate of drug-likeness (QED) is 0.499. The second-order valence-corrected chi connectivity index (χ2v) is 1.97. The third kappa shape index (κ3) is 1.12. The number of hydrogen-bond donors (Lipinski definition) is 1. The molecule has 3 nitrogen and oxygen atoms in total. The molecule has 0 aromatic carbocycles. The molecule has 0 unspecified atom stereocenters. The molecule has 1 fully saturated rings. The van der Waals surface area contributed by atoms with E-state index in [0.717, 1.165) is 6.42 Å². The van der Waals surface area contributed by atoms with Crippen molar-refractivity contribution in [3.05, 3.63) is 0 Å². The van der Waals surface area contributed by atoms with Gasteiger partial charge in [-0.1, -0.05) is 0 Å². The fraction of sp³-hybridized carbons (Fsp3) is 0.800. The van der Waals surface area contributed by atoms with Crippen LogP contribution in [-0.4, -0.2) is 18.7 Å². The minimum atomic E-state index is -0.288. The van der Waals surface area contributed by atoms with Crippen LogP contribution in [0.3, 0.4) is 0 Å². The van der Waals surface area contributed by atoms with Crippen molar-refractivity contribution in [3.63, 3.8) is 0 Å². The van der Waals surface area contributed by atoms with Gasteiger partial charge in [0, 0.05) is 12.5 Å². The van der Waals surface area contributed by atoms with Crippen LogP contribution in [0.5, 0.6) is 0 Å². The van der Waals surface area contributed by atoms with Gasteiger partial charge in [0.2, 0.25) is 0 Å². The van der Waals surface area contributed by atoms with Crippen molar-refractivity contribution >= 4 is 6.09 Å². The minimum absolute atomic E-state index is 0.288. The lowest BCUT2D eigenvalue weighted by atomic mass is 10.2. The highest BCUT2D eigenvalue weighted by atomic mass is 16.5. The summed E-state index contributed by atoms with van der Waals surface area (Å²) in [5.41, 5.74) is 0. The zero-order valence-electron chi connectivity index (χ0n) is 4.81. The van der Waals surface area contributed by atoms with Crippen molar-refractivity contribution < 1.29 is 9.53 Å². The van der Waals surface area contributed by atoms with Crippen molar-refractivity contribution in [2.75, 3.05) is 6.61 Å². The zero-order valence-corrected chi connectivity index (χ0v) is 4.81. The SMILES string of the molecule is C[C@H]1CCOC(=O)N1. The van der Waals surface area contributed by atoms with E-state index in [-0.39, 0.29) is 12.1 Å². The Balaban J connectivity index is 2.34. The van der Waals surface area contributed by atoms with Gasteiger partial charge in [0.15, 0.2) is 0 Å². The number of cyclic esters (lactones) is 1. The number of nitrogens with one attached hydrogen (secondary N) is 1. The Labute approximate surface area is 48.0 Å². The molecule has 1 rings (SSSR count). The molecule has 1 amide bonds. The fourth-order valence-corrected chi connectivity index (χ4v) is 0.643. The number of carbonyl (C=O) groups is 1. The second-order valence-electron chi connectivity index (χ2n) is 1.97. The first kappa shape index (κ1) is 5.41. The number of alkyl carbamates (subject to hydrolysis) is 1. The molecule has 1 N–H and O–H groups in total. The van der Waals surface area contributed by atoms with Crippen LogP contribution < -0.4 is 5.32 Å². The van der Waals surface area contributed by atoms with E-state index in [4.69, 9.17) is 0 Å². The Morgan fingerprint density at radius 1 is 1.88 bits per heavy atom. The average molecular weight is 115 g/mol. The molecule has 0 spiro atoms. The first-order valence-electron chi connectivity index (χ1n) is 2.72. The number of amides is 1. The van der Waals surface area contributed by atoms with Crippen LogP contribution >= 0.6 is 0 Å². The molecular weight excluding hydrogens is 106 g/mol. The largest absolute Gasteiger partial charge is 0.449 e. The van der Waals surface area contributed by atoms with Crippen molar-refractivity contribution in [2.24, 2.45) is 0 Å². The predicted molar refractivity (Wildman–Crippen MR) is 28.6 cm³/mol. The van der Waals surface area contributed by atoms with Gasteiger partial charge in [-0.2, -0.15) is 0 Å². The van der Waals surface area contributed by atoms with Gasteiger partial charge in [0.1, 0.15) is 0 Å². The zero-order chi connectivity index (χ0) is 5.98. The summed E-state index contributed by atoms with van der Waals surface area (Å²) in [7, 11) is 0. The van der Waals surface area contributed by atoms with Gasteiger partial charge in [0.25, 0.3) is 0 Å². The van der Waals surface area contributed by atoms with Gasteiger partial charge in [0.05, 0.1) is 6.61 Å². The summed E-state index contributed by atoms with van der Waals surface area (Å²) >= 11 is 0. The topological polar surface area (TPSA) is 38.3 Å². The number of carbonyl (C=O) groups excluding carboxylic acids is 1. The van der Waals surface area contributed by atoms with Crippen LogP contribution in [0.4, 0.5) is 4.79 Å². The Hall–Kier alpha value is -0.730. The third-order valence-corrected chi connectivity index (χ3v) is 1.15. The summed E-state index contributed by atoms with van der Waals surface area (Å²) in [6.45, 7) is 2.52. The van der Waals surface area contributed by atoms with Crippen LogP contribution in [0.15, 0.2) is 0 Å². The normalized spacial score (nSPS) is 28.6. The van der Waals surface area contributed by atoms with E-state index in [1.807, 2.05) is 6.92 Å². The molecule has 0 radical (unpaired) electrons. The van der Waals surface area contributed by atoms with Gasteiger partial charge in [-0.3, -0.25) is 0 Å². The standard InChI is InChI=1S/C5H9NO2/c1-4-2-3-8-5(7)6-4/h4H,2-3H2,1H3,(H,6,7)/t4-/m0/s1. The number of hydrogen-bond acceptors (Lipinski definition) is 2. The van der Waals surface area contributed by atoms with E-state index >= 15 is 0 Å². The lowest BCUT2D eigenvalue weighted by Crippen LogP contribution is -2.38. The van der Waals surface area contributed by atoms with Crippen molar-refractivity contribution in [2.45, 2.75) is 19.4 Å². The summed E-state index contributed by atoms with van der Waals surface area (Å²) in [6, 6.07) is 0.288. The molecule has 0 aromatic heterocycles. The molecule has 0 saturated carbocycles. The highest BCUT2D eigenvalue weighted by Crippen LogP contribution is 1.97. The molecule has 0 bridgehead atoms. The maximum atomic E-state index is 10.3. The summed E-state index contributed by atoms with van der Waals surface area (Å²) in [5, 5.41) is 2.62. The van der Waals surface area contributed by atoms with E-state index < -0.39 is 0 Å². The predicted octanol–water partition coefficient (Wildman–Crippen LogP) is 0.505. The highest BCUT2D eigenvalue weighted by Gasteiger charge is 2.13. The van der Waals surface area contributed by atoms with Crippen LogP contribution in [0, 0.1) is 0 Å². The van der Waals surface area contributed by atoms with Crippen molar-refractivity contribution in [1.82, 2.24) is 5.32 Å². The molecule has 3 heteroatoms. The fourth-order valence-electron chi connectivity index (χ4n) is 0.643. The van der Waals surface area contributed by atoms with E-state index in [9.17, 15) is 4.79 Å². The van der Waals surface area contributed by atoms with Gasteiger partial charge in [-0.05, 0) is 6.92 Å². The Morgan fingerprint density at radius 3 is 3.00 bits per heavy atom. The summed E-state index contributed by atoms with van der Waals surface area (Å²) in [4.78, 5) is 10.3. The first-order chi connectivity index (χ1) is 3.79. The van der Waals surface area contributed by atoms with Gasteiger partial charge in [-0.25, -0.2) is 4.79 Å². The van der Waals surface area contributed by atoms with Crippen molar-refractivity contribution in [1.29, 1.82) is 0 Å². The van der Waals surface area contributed by atoms with Crippen molar-refractivity contribution in [3.8, 4) is 0 Å². The Morgan fingerprint density at radius 2 is 2.62 bits per heavy atom. The van der Waals surface area contributed by atoms with Gasteiger partial charge < -0.3 is 10.1 Å². The van der Waals surface area contributed by atoms with Gasteiger partial charge in [-0.15, -0.1) is 0 Å². The molecule has 1 atom stereocenters. The lowest BCUT2D eigenvalue weighted by molar-refractivity contribution is 0.118.